The number of benzene rings is 4. The van der Waals surface area contributed by atoms with Crippen LogP contribution in [0.15, 0.2) is 129 Å². The first-order chi connectivity index (χ1) is 23.5. The lowest BCUT2D eigenvalue weighted by Gasteiger charge is -2.25. The molecular formula is C35H28N4O8S2. The molecular weight excluding hydrogens is 669 g/mol. The van der Waals surface area contributed by atoms with Crippen molar-refractivity contribution >= 4 is 44.8 Å². The Bertz CT molecular complexity index is 2370. The second kappa shape index (κ2) is 13.7. The average molecular weight is 697 g/mol. The number of carbonyl (C=O) groups excluding carboxylic acids is 1. The smallest absolute Gasteiger partial charge is 0.339 e. The van der Waals surface area contributed by atoms with Crippen LogP contribution in [0.25, 0.3) is 6.08 Å². The SMILES string of the molecule is CCOc1ccc([C@H]2C(C(=O)Nc3ccccc3)=C(C)N=c3s/c(=C\c4ccc(OS(=O)(=O)c5ccc([N+](=O)[O-])cc5)cc4)c(=O)n32)cc1. The molecule has 1 N–H and O–H groups in total. The number of para-hydroxylation sites is 1. The minimum Gasteiger partial charge on any atom is -0.494 e. The van der Waals surface area contributed by atoms with Crippen molar-refractivity contribution in [2.75, 3.05) is 11.9 Å². The number of rotatable bonds is 10. The van der Waals surface area contributed by atoms with Crippen molar-refractivity contribution in [3.05, 3.63) is 155 Å². The summed E-state index contributed by atoms with van der Waals surface area (Å²) in [7, 11) is -4.25. The van der Waals surface area contributed by atoms with Crippen LogP contribution < -0.4 is 29.1 Å². The summed E-state index contributed by atoms with van der Waals surface area (Å²) >= 11 is 1.17. The molecule has 1 atom stereocenters. The van der Waals surface area contributed by atoms with E-state index in [0.29, 0.717) is 49.8 Å². The van der Waals surface area contributed by atoms with Crippen LogP contribution in [-0.4, -0.2) is 30.4 Å². The quantitative estimate of drug-likeness (QED) is 0.122. The maximum absolute atomic E-state index is 14.0. The molecule has 5 aromatic rings. The van der Waals surface area contributed by atoms with Crippen LogP contribution >= 0.6 is 11.3 Å². The Hall–Kier alpha value is -5.86. The molecule has 14 heteroatoms. The number of nitrogens with zero attached hydrogens (tertiary/aromatic N) is 3. The number of aromatic nitrogens is 1. The molecule has 1 aliphatic rings. The maximum Gasteiger partial charge on any atom is 0.339 e. The molecule has 1 aromatic heterocycles. The first-order valence-electron chi connectivity index (χ1n) is 14.9. The number of anilines is 1. The lowest BCUT2D eigenvalue weighted by molar-refractivity contribution is -0.384. The van der Waals surface area contributed by atoms with Crippen molar-refractivity contribution < 1.29 is 27.1 Å². The molecule has 49 heavy (non-hydrogen) atoms. The number of non-ortho nitro benzene ring substituents is 1. The molecule has 0 saturated carbocycles. The highest BCUT2D eigenvalue weighted by atomic mass is 32.2. The van der Waals surface area contributed by atoms with Crippen LogP contribution in [-0.2, 0) is 14.9 Å². The molecule has 1 amide bonds. The van der Waals surface area contributed by atoms with Crippen LogP contribution in [0, 0.1) is 10.1 Å². The molecule has 0 spiro atoms. The van der Waals surface area contributed by atoms with Crippen molar-refractivity contribution in [1.29, 1.82) is 0 Å². The molecule has 0 fully saturated rings. The van der Waals surface area contributed by atoms with E-state index in [9.17, 15) is 28.1 Å². The Morgan fingerprint density at radius 3 is 2.27 bits per heavy atom. The van der Waals surface area contributed by atoms with Gasteiger partial charge in [0.05, 0.1) is 33.4 Å². The number of nitro benzene ring substituents is 1. The van der Waals surface area contributed by atoms with Gasteiger partial charge in [-0.05, 0) is 79.6 Å². The van der Waals surface area contributed by atoms with Gasteiger partial charge < -0.3 is 14.2 Å². The molecule has 1 aliphatic heterocycles. The number of allylic oxidation sites excluding steroid dienone is 1. The van der Waals surface area contributed by atoms with E-state index in [1.54, 1.807) is 49.4 Å². The van der Waals surface area contributed by atoms with E-state index >= 15 is 0 Å². The number of amides is 1. The van der Waals surface area contributed by atoms with Crippen LogP contribution in [0.3, 0.4) is 0 Å². The number of thiazole rings is 1. The fourth-order valence-electron chi connectivity index (χ4n) is 5.24. The van der Waals surface area contributed by atoms with E-state index in [-0.39, 0.29) is 27.8 Å². The Kier molecular flexibility index (Phi) is 9.25. The molecule has 0 saturated heterocycles. The van der Waals surface area contributed by atoms with Gasteiger partial charge in [0, 0.05) is 17.8 Å². The Balaban J connectivity index is 1.33. The summed E-state index contributed by atoms with van der Waals surface area (Å²) in [5.74, 6) is 0.277. The zero-order valence-corrected chi connectivity index (χ0v) is 27.7. The van der Waals surface area contributed by atoms with Crippen LogP contribution in [0.5, 0.6) is 11.5 Å². The number of hydrogen-bond acceptors (Lipinski definition) is 10. The van der Waals surface area contributed by atoms with Gasteiger partial charge >= 0.3 is 10.1 Å². The van der Waals surface area contributed by atoms with E-state index in [4.69, 9.17) is 8.92 Å². The van der Waals surface area contributed by atoms with Crippen molar-refractivity contribution in [3.8, 4) is 11.5 Å². The molecule has 12 nitrogen and oxygen atoms in total. The number of nitrogens with one attached hydrogen (secondary N) is 1. The number of fused-ring (bicyclic) bond motifs is 1. The predicted molar refractivity (Wildman–Crippen MR) is 184 cm³/mol. The van der Waals surface area contributed by atoms with Gasteiger partial charge in [-0.2, -0.15) is 8.42 Å². The normalized spacial score (nSPS) is 14.5. The van der Waals surface area contributed by atoms with Gasteiger partial charge in [0.15, 0.2) is 4.80 Å². The van der Waals surface area contributed by atoms with E-state index in [0.717, 1.165) is 24.3 Å². The van der Waals surface area contributed by atoms with Crippen LogP contribution in [0.1, 0.15) is 31.0 Å². The summed E-state index contributed by atoms with van der Waals surface area (Å²) in [6.45, 7) is 4.11. The minimum absolute atomic E-state index is 0.0113. The van der Waals surface area contributed by atoms with Gasteiger partial charge in [0.2, 0.25) is 0 Å². The monoisotopic (exact) mass is 696 g/mol. The Morgan fingerprint density at radius 1 is 0.980 bits per heavy atom. The third kappa shape index (κ3) is 7.05. The maximum atomic E-state index is 14.0. The summed E-state index contributed by atoms with van der Waals surface area (Å²) in [6.07, 6.45) is 1.65. The number of hydrogen-bond donors (Lipinski definition) is 1. The average Bonchev–Trinajstić information content (AvgIpc) is 3.39. The van der Waals surface area contributed by atoms with Gasteiger partial charge in [-0.25, -0.2) is 4.99 Å². The van der Waals surface area contributed by atoms with Crippen molar-refractivity contribution in [2.24, 2.45) is 4.99 Å². The lowest BCUT2D eigenvalue weighted by atomic mass is 9.95. The van der Waals surface area contributed by atoms with E-state index in [2.05, 4.69) is 10.3 Å². The van der Waals surface area contributed by atoms with Gasteiger partial charge in [0.25, 0.3) is 17.2 Å². The Morgan fingerprint density at radius 2 is 1.63 bits per heavy atom. The van der Waals surface area contributed by atoms with E-state index in [1.165, 1.54) is 28.0 Å². The van der Waals surface area contributed by atoms with Gasteiger partial charge in [-0.1, -0.05) is 53.8 Å². The molecule has 6 rings (SSSR count). The first-order valence-corrected chi connectivity index (χ1v) is 17.2. The molecule has 4 aromatic carbocycles. The third-order valence-electron chi connectivity index (χ3n) is 7.52. The van der Waals surface area contributed by atoms with Gasteiger partial charge in [0.1, 0.15) is 16.4 Å². The minimum atomic E-state index is -4.25. The molecule has 248 valence electrons. The molecule has 0 aliphatic carbocycles. The molecule has 0 radical (unpaired) electrons. The lowest BCUT2D eigenvalue weighted by Crippen LogP contribution is -2.40. The summed E-state index contributed by atoms with van der Waals surface area (Å²) in [5.41, 5.74) is 2.06. The third-order valence-corrected chi connectivity index (χ3v) is 9.77. The zero-order chi connectivity index (χ0) is 34.7. The highest BCUT2D eigenvalue weighted by Crippen LogP contribution is 2.32. The molecule has 2 heterocycles. The summed E-state index contributed by atoms with van der Waals surface area (Å²) in [6, 6.07) is 25.9. The highest BCUT2D eigenvalue weighted by Gasteiger charge is 2.32. The number of carbonyl (C=O) groups is 1. The van der Waals surface area contributed by atoms with Gasteiger partial charge in [-0.15, -0.1) is 0 Å². The van der Waals surface area contributed by atoms with Gasteiger partial charge in [-0.3, -0.25) is 24.3 Å². The second-order valence-corrected chi connectivity index (χ2v) is 13.3. The number of ether oxygens (including phenoxy) is 1. The van der Waals surface area contributed by atoms with E-state index in [1.807, 2.05) is 37.3 Å². The zero-order valence-electron chi connectivity index (χ0n) is 26.1. The fourth-order valence-corrected chi connectivity index (χ4v) is 7.22. The highest BCUT2D eigenvalue weighted by molar-refractivity contribution is 7.87. The standard InChI is InChI=1S/C35H28N4O8S2/c1-3-46-27-17-11-24(12-18-27)32-31(33(40)37-25-7-5-4-6-8-25)22(2)36-35-38(32)34(41)30(48-35)21-23-9-15-28(16-10-23)47-49(44,45)29-19-13-26(14-20-29)39(42)43/h4-21,32H,3H2,1-2H3,(H,37,40)/b30-21-/t32-/m0/s1. The summed E-state index contributed by atoms with van der Waals surface area (Å²) < 4.78 is 38.1. The predicted octanol–water partition coefficient (Wildman–Crippen LogP) is 4.95. The van der Waals surface area contributed by atoms with Crippen molar-refractivity contribution in [3.63, 3.8) is 0 Å². The topological polar surface area (TPSA) is 159 Å². The fraction of sp³-hybridized carbons (Fsp3) is 0.114. The summed E-state index contributed by atoms with van der Waals surface area (Å²) in [4.78, 5) is 42.9. The molecule has 0 unspecified atom stereocenters. The van der Waals surface area contributed by atoms with Crippen molar-refractivity contribution in [1.82, 2.24) is 4.57 Å². The first kappa shape index (κ1) is 33.1. The van der Waals surface area contributed by atoms with Crippen LogP contribution in [0.2, 0.25) is 0 Å². The van der Waals surface area contributed by atoms with Crippen LogP contribution in [0.4, 0.5) is 11.4 Å². The Labute approximate surface area is 284 Å². The number of nitro groups is 1. The molecule has 0 bridgehead atoms. The summed E-state index contributed by atoms with van der Waals surface area (Å²) in [5, 5.41) is 13.8. The second-order valence-electron chi connectivity index (χ2n) is 10.8. The van der Waals surface area contributed by atoms with Crippen molar-refractivity contribution in [2.45, 2.75) is 24.8 Å². The van der Waals surface area contributed by atoms with E-state index < -0.39 is 21.1 Å². The largest absolute Gasteiger partial charge is 0.494 e.